The number of thioether (sulfide) groups is 1. The van der Waals surface area contributed by atoms with Crippen molar-refractivity contribution in [3.63, 3.8) is 0 Å². The van der Waals surface area contributed by atoms with Gasteiger partial charge in [-0.25, -0.2) is 4.98 Å². The van der Waals surface area contributed by atoms with Crippen molar-refractivity contribution in [3.05, 3.63) is 50.1 Å². The SMILES string of the molecule is COCCCn1c(SCC(=O)Nc2ccc(Cl)cc2)nc2sc3c(c2c1=O)CCC3. The minimum Gasteiger partial charge on any atom is -0.385 e. The molecule has 4 rings (SSSR count). The third-order valence-corrected chi connectivity index (χ3v) is 7.39. The molecule has 0 aliphatic heterocycles. The second-order valence-corrected chi connectivity index (χ2v) is 9.54. The van der Waals surface area contributed by atoms with Crippen LogP contribution in [0.25, 0.3) is 10.2 Å². The van der Waals surface area contributed by atoms with E-state index in [9.17, 15) is 9.59 Å². The average molecular weight is 464 g/mol. The fourth-order valence-electron chi connectivity index (χ4n) is 3.59. The molecule has 0 atom stereocenters. The summed E-state index contributed by atoms with van der Waals surface area (Å²) in [6, 6.07) is 6.96. The molecule has 0 spiro atoms. The van der Waals surface area contributed by atoms with E-state index in [1.165, 1.54) is 22.2 Å². The Bertz CT molecular complexity index is 1130. The van der Waals surface area contributed by atoms with Gasteiger partial charge in [0.25, 0.3) is 5.56 Å². The van der Waals surface area contributed by atoms with Crippen LogP contribution >= 0.6 is 34.7 Å². The van der Waals surface area contributed by atoms with E-state index in [1.54, 1.807) is 47.3 Å². The van der Waals surface area contributed by atoms with Crippen LogP contribution in [0.15, 0.2) is 34.2 Å². The first-order chi connectivity index (χ1) is 14.6. The van der Waals surface area contributed by atoms with Crippen molar-refractivity contribution in [3.8, 4) is 0 Å². The molecule has 9 heteroatoms. The van der Waals surface area contributed by atoms with Crippen molar-refractivity contribution < 1.29 is 9.53 Å². The molecule has 0 saturated heterocycles. The molecule has 0 radical (unpaired) electrons. The first kappa shape index (κ1) is 21.4. The van der Waals surface area contributed by atoms with Crippen molar-refractivity contribution in [1.29, 1.82) is 0 Å². The normalized spacial score (nSPS) is 13.0. The molecule has 0 fully saturated rings. The van der Waals surface area contributed by atoms with E-state index in [1.807, 2.05) is 0 Å². The summed E-state index contributed by atoms with van der Waals surface area (Å²) in [7, 11) is 1.65. The maximum absolute atomic E-state index is 13.3. The number of anilines is 1. The predicted octanol–water partition coefficient (Wildman–Crippen LogP) is 4.37. The smallest absolute Gasteiger partial charge is 0.263 e. The van der Waals surface area contributed by atoms with Gasteiger partial charge in [0.05, 0.1) is 11.1 Å². The van der Waals surface area contributed by atoms with Gasteiger partial charge >= 0.3 is 0 Å². The summed E-state index contributed by atoms with van der Waals surface area (Å²) in [5.41, 5.74) is 1.85. The van der Waals surface area contributed by atoms with Crippen LogP contribution in [0.5, 0.6) is 0 Å². The number of ether oxygens (including phenoxy) is 1. The molecular weight excluding hydrogens is 442 g/mol. The number of aryl methyl sites for hydroxylation is 2. The molecule has 1 aliphatic carbocycles. The third-order valence-electron chi connectivity index (χ3n) is 4.98. The summed E-state index contributed by atoms with van der Waals surface area (Å²) >= 11 is 8.78. The minimum atomic E-state index is -0.159. The Morgan fingerprint density at radius 2 is 2.13 bits per heavy atom. The highest BCUT2D eigenvalue weighted by atomic mass is 35.5. The zero-order valence-electron chi connectivity index (χ0n) is 16.6. The number of halogens is 1. The maximum Gasteiger partial charge on any atom is 0.263 e. The number of nitrogens with one attached hydrogen (secondary N) is 1. The first-order valence-electron chi connectivity index (χ1n) is 9.79. The van der Waals surface area contributed by atoms with Crippen LogP contribution in [0.4, 0.5) is 5.69 Å². The number of fused-ring (bicyclic) bond motifs is 3. The van der Waals surface area contributed by atoms with Crippen molar-refractivity contribution in [2.45, 2.75) is 37.4 Å². The van der Waals surface area contributed by atoms with E-state index in [4.69, 9.17) is 21.3 Å². The van der Waals surface area contributed by atoms with Crippen LogP contribution in [0.2, 0.25) is 5.02 Å². The van der Waals surface area contributed by atoms with Gasteiger partial charge in [-0.1, -0.05) is 23.4 Å². The number of methoxy groups -OCH3 is 1. The number of thiophene rings is 1. The summed E-state index contributed by atoms with van der Waals surface area (Å²) in [6.45, 7) is 1.08. The average Bonchev–Trinajstić information content (AvgIpc) is 3.31. The Kier molecular flexibility index (Phi) is 6.77. The summed E-state index contributed by atoms with van der Waals surface area (Å²) < 4.78 is 6.85. The highest BCUT2D eigenvalue weighted by molar-refractivity contribution is 7.99. The molecule has 158 valence electrons. The van der Waals surface area contributed by atoms with Gasteiger partial charge < -0.3 is 10.1 Å². The molecule has 3 aromatic rings. The Labute approximate surface area is 187 Å². The minimum absolute atomic E-state index is 0.00360. The Balaban J connectivity index is 1.57. The van der Waals surface area contributed by atoms with Crippen molar-refractivity contribution >= 4 is 56.5 Å². The highest BCUT2D eigenvalue weighted by Crippen LogP contribution is 2.35. The fraction of sp³-hybridized carbons (Fsp3) is 0.381. The number of hydrogen-bond donors (Lipinski definition) is 1. The van der Waals surface area contributed by atoms with Crippen molar-refractivity contribution in [2.75, 3.05) is 24.8 Å². The van der Waals surface area contributed by atoms with Crippen LogP contribution in [-0.2, 0) is 28.9 Å². The molecule has 1 amide bonds. The van der Waals surface area contributed by atoms with Gasteiger partial charge in [0.1, 0.15) is 4.83 Å². The van der Waals surface area contributed by atoms with Gasteiger partial charge in [-0.3, -0.25) is 14.2 Å². The standard InChI is InChI=1S/C21H22ClN3O3S2/c1-28-11-3-10-25-20(27)18-15-4-2-5-16(15)30-19(18)24-21(25)29-12-17(26)23-14-8-6-13(22)7-9-14/h6-9H,2-5,10-12H2,1H3,(H,23,26). The number of amides is 1. The summed E-state index contributed by atoms with van der Waals surface area (Å²) in [5.74, 6) is 0.00411. The van der Waals surface area contributed by atoms with E-state index < -0.39 is 0 Å². The van der Waals surface area contributed by atoms with E-state index in [0.29, 0.717) is 35.4 Å². The van der Waals surface area contributed by atoms with Gasteiger partial charge in [-0.05, 0) is 55.5 Å². The molecule has 1 aromatic carbocycles. The molecular formula is C21H22ClN3O3S2. The third kappa shape index (κ3) is 4.56. The monoisotopic (exact) mass is 463 g/mol. The molecule has 6 nitrogen and oxygen atoms in total. The van der Waals surface area contributed by atoms with Gasteiger partial charge in [0, 0.05) is 35.8 Å². The van der Waals surface area contributed by atoms with E-state index in [-0.39, 0.29) is 17.2 Å². The van der Waals surface area contributed by atoms with Crippen LogP contribution in [0.1, 0.15) is 23.3 Å². The number of carbonyl (C=O) groups excluding carboxylic acids is 1. The molecule has 0 saturated carbocycles. The van der Waals surface area contributed by atoms with Crippen LogP contribution in [-0.4, -0.2) is 34.9 Å². The number of benzene rings is 1. The van der Waals surface area contributed by atoms with Crippen LogP contribution < -0.4 is 10.9 Å². The van der Waals surface area contributed by atoms with Crippen LogP contribution in [0.3, 0.4) is 0 Å². The molecule has 1 N–H and O–H groups in total. The predicted molar refractivity (Wildman–Crippen MR) is 123 cm³/mol. The highest BCUT2D eigenvalue weighted by Gasteiger charge is 2.23. The first-order valence-corrected chi connectivity index (χ1v) is 12.0. The lowest BCUT2D eigenvalue weighted by Crippen LogP contribution is -2.25. The molecule has 2 aromatic heterocycles. The second kappa shape index (κ2) is 9.51. The lowest BCUT2D eigenvalue weighted by Gasteiger charge is -2.12. The number of aromatic nitrogens is 2. The Morgan fingerprint density at radius 3 is 2.90 bits per heavy atom. The zero-order valence-corrected chi connectivity index (χ0v) is 19.0. The summed E-state index contributed by atoms with van der Waals surface area (Å²) in [4.78, 5) is 32.5. The molecule has 2 heterocycles. The van der Waals surface area contributed by atoms with Gasteiger partial charge in [-0.15, -0.1) is 11.3 Å². The number of carbonyl (C=O) groups is 1. The summed E-state index contributed by atoms with van der Waals surface area (Å²) in [6.07, 6.45) is 3.77. The number of nitrogens with zero attached hydrogens (tertiary/aromatic N) is 2. The second-order valence-electron chi connectivity index (χ2n) is 7.08. The van der Waals surface area contributed by atoms with Crippen molar-refractivity contribution in [1.82, 2.24) is 9.55 Å². The maximum atomic E-state index is 13.3. The molecule has 0 bridgehead atoms. The van der Waals surface area contributed by atoms with Gasteiger partial charge in [0.2, 0.25) is 5.91 Å². The zero-order chi connectivity index (χ0) is 21.1. The summed E-state index contributed by atoms with van der Waals surface area (Å²) in [5, 5.41) is 4.80. The van der Waals surface area contributed by atoms with Crippen molar-refractivity contribution in [2.24, 2.45) is 0 Å². The molecule has 1 aliphatic rings. The Hall–Kier alpha value is -1.87. The molecule has 0 unspecified atom stereocenters. The quantitative estimate of drug-likeness (QED) is 0.305. The fourth-order valence-corrected chi connectivity index (χ4v) is 5.85. The lowest BCUT2D eigenvalue weighted by atomic mass is 10.2. The Morgan fingerprint density at radius 1 is 1.33 bits per heavy atom. The van der Waals surface area contributed by atoms with Gasteiger partial charge in [0.15, 0.2) is 5.16 Å². The van der Waals surface area contributed by atoms with E-state index >= 15 is 0 Å². The van der Waals surface area contributed by atoms with E-state index in [0.717, 1.165) is 29.5 Å². The molecule has 30 heavy (non-hydrogen) atoms. The number of hydrogen-bond acceptors (Lipinski definition) is 6. The van der Waals surface area contributed by atoms with Gasteiger partial charge in [-0.2, -0.15) is 0 Å². The number of rotatable bonds is 8. The lowest BCUT2D eigenvalue weighted by molar-refractivity contribution is -0.113. The van der Waals surface area contributed by atoms with E-state index in [2.05, 4.69) is 5.32 Å². The van der Waals surface area contributed by atoms with Crippen LogP contribution in [0, 0.1) is 0 Å². The largest absolute Gasteiger partial charge is 0.385 e. The topological polar surface area (TPSA) is 73.2 Å².